The normalized spacial score (nSPS) is 15.0. The van der Waals surface area contributed by atoms with Crippen molar-refractivity contribution < 1.29 is 18.3 Å². The lowest BCUT2D eigenvalue weighted by molar-refractivity contribution is -0.150. The maximum absolute atomic E-state index is 12.1. The van der Waals surface area contributed by atoms with E-state index in [-0.39, 0.29) is 25.6 Å². The van der Waals surface area contributed by atoms with Gasteiger partial charge in [-0.15, -0.1) is 0 Å². The second kappa shape index (κ2) is 6.30. The molecule has 0 spiro atoms. The molecule has 1 unspecified atom stereocenters. The van der Waals surface area contributed by atoms with Crippen LogP contribution in [0.3, 0.4) is 0 Å². The van der Waals surface area contributed by atoms with E-state index in [0.717, 1.165) is 0 Å². The second-order valence-electron chi connectivity index (χ2n) is 3.86. The van der Waals surface area contributed by atoms with Crippen LogP contribution in [0.25, 0.3) is 0 Å². The van der Waals surface area contributed by atoms with Crippen LogP contribution in [0.1, 0.15) is 20.3 Å². The summed E-state index contributed by atoms with van der Waals surface area (Å²) in [6, 6.07) is -0.198. The van der Waals surface area contributed by atoms with Gasteiger partial charge in [-0.1, -0.05) is 0 Å². The Bertz CT molecular complexity index is 173. The minimum absolute atomic E-state index is 0.0813. The molecule has 0 heterocycles. The van der Waals surface area contributed by atoms with Gasteiger partial charge in [0, 0.05) is 19.1 Å². The van der Waals surface area contributed by atoms with E-state index in [4.69, 9.17) is 10.8 Å². The van der Waals surface area contributed by atoms with Crippen LogP contribution in [0.5, 0.6) is 0 Å². The van der Waals surface area contributed by atoms with E-state index in [0.29, 0.717) is 0 Å². The summed E-state index contributed by atoms with van der Waals surface area (Å²) in [4.78, 5) is 1.28. The van der Waals surface area contributed by atoms with Crippen molar-refractivity contribution in [2.24, 2.45) is 5.73 Å². The third-order valence-corrected chi connectivity index (χ3v) is 2.13. The van der Waals surface area contributed by atoms with Gasteiger partial charge in [-0.05, 0) is 20.3 Å². The smallest absolute Gasteiger partial charge is 0.392 e. The number of nitrogens with two attached hydrogens (primary N) is 1. The molecule has 0 aliphatic heterocycles. The van der Waals surface area contributed by atoms with Crippen molar-refractivity contribution in [2.75, 3.05) is 19.6 Å². The fourth-order valence-corrected chi connectivity index (χ4v) is 1.18. The molecule has 6 heteroatoms. The molecule has 3 N–H and O–H groups in total. The Morgan fingerprint density at radius 3 is 2.20 bits per heavy atom. The Morgan fingerprint density at radius 2 is 1.87 bits per heavy atom. The first-order chi connectivity index (χ1) is 6.76. The molecule has 0 rings (SSSR count). The number of alkyl halides is 3. The number of aliphatic hydroxyl groups is 1. The van der Waals surface area contributed by atoms with Gasteiger partial charge in [0.05, 0.1) is 12.6 Å². The Labute approximate surface area is 88.0 Å². The van der Waals surface area contributed by atoms with E-state index in [1.807, 2.05) is 0 Å². The highest BCUT2D eigenvalue weighted by Gasteiger charge is 2.31. The summed E-state index contributed by atoms with van der Waals surface area (Å²) in [5, 5.41) is 9.15. The van der Waals surface area contributed by atoms with Crippen molar-refractivity contribution in [3.05, 3.63) is 0 Å². The minimum atomic E-state index is -4.20. The van der Waals surface area contributed by atoms with Gasteiger partial charge >= 0.3 is 6.18 Å². The highest BCUT2D eigenvalue weighted by molar-refractivity contribution is 4.69. The van der Waals surface area contributed by atoms with Crippen molar-refractivity contribution in [1.29, 1.82) is 0 Å². The molecule has 92 valence electrons. The van der Waals surface area contributed by atoms with Crippen molar-refractivity contribution >= 4 is 0 Å². The number of halogens is 3. The van der Waals surface area contributed by atoms with E-state index in [9.17, 15) is 13.2 Å². The Balaban J connectivity index is 4.06. The number of hydrogen-bond acceptors (Lipinski definition) is 3. The summed E-state index contributed by atoms with van der Waals surface area (Å²) in [5.41, 5.74) is 5.17. The molecule has 0 amide bonds. The largest absolute Gasteiger partial charge is 0.401 e. The molecule has 0 aromatic carbocycles. The zero-order valence-corrected chi connectivity index (χ0v) is 9.09. The molecule has 0 aromatic heterocycles. The Kier molecular flexibility index (Phi) is 6.16. The number of hydrogen-bond donors (Lipinski definition) is 2. The van der Waals surface area contributed by atoms with Gasteiger partial charge in [-0.25, -0.2) is 0 Å². The summed E-state index contributed by atoms with van der Waals surface area (Å²) in [6.07, 6.45) is -4.65. The fourth-order valence-electron chi connectivity index (χ4n) is 1.18. The molecule has 0 aromatic rings. The molecule has 0 radical (unpaired) electrons. The van der Waals surface area contributed by atoms with Crippen LogP contribution in [-0.4, -0.2) is 48.0 Å². The maximum Gasteiger partial charge on any atom is 0.401 e. The topological polar surface area (TPSA) is 49.5 Å². The Morgan fingerprint density at radius 1 is 1.33 bits per heavy atom. The number of aliphatic hydroxyl groups excluding tert-OH is 1. The first-order valence-electron chi connectivity index (χ1n) is 4.95. The molecular formula is C9H19F3N2O. The van der Waals surface area contributed by atoms with E-state index in [2.05, 4.69) is 0 Å². The van der Waals surface area contributed by atoms with Crippen LogP contribution in [0.15, 0.2) is 0 Å². The lowest BCUT2D eigenvalue weighted by Crippen LogP contribution is -2.41. The SMILES string of the molecule is CC(C)N(CCC(O)CN)CC(F)(F)F. The van der Waals surface area contributed by atoms with Gasteiger partial charge in [-0.2, -0.15) is 13.2 Å². The van der Waals surface area contributed by atoms with Crippen LogP contribution in [-0.2, 0) is 0 Å². The number of nitrogens with zero attached hydrogens (tertiary/aromatic N) is 1. The van der Waals surface area contributed by atoms with Gasteiger partial charge in [0.1, 0.15) is 0 Å². The summed E-state index contributed by atoms with van der Waals surface area (Å²) >= 11 is 0. The lowest BCUT2D eigenvalue weighted by atomic mass is 10.2. The zero-order valence-electron chi connectivity index (χ0n) is 9.09. The van der Waals surface area contributed by atoms with Crippen LogP contribution >= 0.6 is 0 Å². The molecule has 0 saturated carbocycles. The van der Waals surface area contributed by atoms with E-state index in [1.165, 1.54) is 4.90 Å². The third kappa shape index (κ3) is 7.58. The summed E-state index contributed by atoms with van der Waals surface area (Å²) < 4.78 is 36.4. The molecule has 0 fully saturated rings. The van der Waals surface area contributed by atoms with Crippen LogP contribution < -0.4 is 5.73 Å². The molecule has 0 aliphatic rings. The average molecular weight is 228 g/mol. The molecule has 0 saturated heterocycles. The second-order valence-corrected chi connectivity index (χ2v) is 3.86. The van der Waals surface area contributed by atoms with E-state index in [1.54, 1.807) is 13.8 Å². The molecule has 3 nitrogen and oxygen atoms in total. The summed E-state index contributed by atoms with van der Waals surface area (Å²) in [6.45, 7) is 2.73. The van der Waals surface area contributed by atoms with Crippen LogP contribution in [0.4, 0.5) is 13.2 Å². The van der Waals surface area contributed by atoms with E-state index >= 15 is 0 Å². The van der Waals surface area contributed by atoms with Gasteiger partial charge in [0.15, 0.2) is 0 Å². The quantitative estimate of drug-likeness (QED) is 0.712. The zero-order chi connectivity index (χ0) is 12.1. The Hall–Kier alpha value is -0.330. The van der Waals surface area contributed by atoms with Gasteiger partial charge < -0.3 is 10.8 Å². The van der Waals surface area contributed by atoms with Crippen LogP contribution in [0.2, 0.25) is 0 Å². The standard InChI is InChI=1S/C9H19F3N2O/c1-7(2)14(6-9(10,11)12)4-3-8(15)5-13/h7-8,15H,3-6,13H2,1-2H3. The monoisotopic (exact) mass is 228 g/mol. The summed E-state index contributed by atoms with van der Waals surface area (Å²) in [5.74, 6) is 0. The highest BCUT2D eigenvalue weighted by Crippen LogP contribution is 2.18. The first-order valence-corrected chi connectivity index (χ1v) is 4.95. The van der Waals surface area contributed by atoms with Crippen molar-refractivity contribution in [3.8, 4) is 0 Å². The maximum atomic E-state index is 12.1. The van der Waals surface area contributed by atoms with E-state index < -0.39 is 18.8 Å². The fraction of sp³-hybridized carbons (Fsp3) is 1.00. The highest BCUT2D eigenvalue weighted by atomic mass is 19.4. The minimum Gasteiger partial charge on any atom is -0.392 e. The molecule has 0 aliphatic carbocycles. The van der Waals surface area contributed by atoms with Gasteiger partial charge in [0.25, 0.3) is 0 Å². The van der Waals surface area contributed by atoms with Gasteiger partial charge in [0.2, 0.25) is 0 Å². The van der Waals surface area contributed by atoms with Gasteiger partial charge in [-0.3, -0.25) is 4.90 Å². The average Bonchev–Trinajstić information content (AvgIpc) is 2.09. The molecule has 1 atom stereocenters. The van der Waals surface area contributed by atoms with Crippen molar-refractivity contribution in [1.82, 2.24) is 4.90 Å². The van der Waals surface area contributed by atoms with Crippen LogP contribution in [0, 0.1) is 0 Å². The predicted octanol–water partition coefficient (Wildman–Crippen LogP) is 0.969. The van der Waals surface area contributed by atoms with Crippen molar-refractivity contribution in [3.63, 3.8) is 0 Å². The first kappa shape index (κ1) is 14.7. The summed E-state index contributed by atoms with van der Waals surface area (Å²) in [7, 11) is 0. The number of rotatable bonds is 6. The predicted molar refractivity (Wildman–Crippen MR) is 52.4 cm³/mol. The third-order valence-electron chi connectivity index (χ3n) is 2.13. The molecule has 0 bridgehead atoms. The molecular weight excluding hydrogens is 209 g/mol. The lowest BCUT2D eigenvalue weighted by Gasteiger charge is -2.28. The van der Waals surface area contributed by atoms with Crippen molar-refractivity contribution in [2.45, 2.75) is 38.6 Å². The molecule has 15 heavy (non-hydrogen) atoms.